The minimum atomic E-state index is -0.791. The van der Waals surface area contributed by atoms with Crippen molar-refractivity contribution in [2.75, 3.05) is 45.9 Å². The first-order chi connectivity index (χ1) is 17.8. The maximum absolute atomic E-state index is 13.6. The zero-order valence-corrected chi connectivity index (χ0v) is 20.9. The highest BCUT2D eigenvalue weighted by Gasteiger charge is 2.38. The van der Waals surface area contributed by atoms with E-state index in [-0.39, 0.29) is 25.1 Å². The lowest BCUT2D eigenvalue weighted by Gasteiger charge is -2.40. The van der Waals surface area contributed by atoms with E-state index in [2.05, 4.69) is 10.2 Å². The molecule has 2 heterocycles. The summed E-state index contributed by atoms with van der Waals surface area (Å²) in [6, 6.07) is 10.1. The SMILES string of the molecule is CCOC(=O)C1=C(CN2CCN(C(=O)c3cccc(F)c3)CC2)N(CC)C(=O)NC1c1ccc(F)cc1. The van der Waals surface area contributed by atoms with Crippen LogP contribution in [0.3, 0.4) is 0 Å². The molecule has 196 valence electrons. The normalized spacial score (nSPS) is 18.6. The number of carbonyl (C=O) groups is 3. The minimum Gasteiger partial charge on any atom is -0.463 e. The number of halogens is 2. The lowest BCUT2D eigenvalue weighted by molar-refractivity contribution is -0.139. The molecule has 1 fully saturated rings. The summed E-state index contributed by atoms with van der Waals surface area (Å²) < 4.78 is 32.5. The Morgan fingerprint density at radius 1 is 1.00 bits per heavy atom. The molecule has 0 spiro atoms. The first-order valence-electron chi connectivity index (χ1n) is 12.3. The molecule has 3 amide bonds. The summed E-state index contributed by atoms with van der Waals surface area (Å²) >= 11 is 0. The zero-order chi connectivity index (χ0) is 26.5. The van der Waals surface area contributed by atoms with Gasteiger partial charge in [-0.25, -0.2) is 18.4 Å². The first kappa shape index (κ1) is 26.3. The van der Waals surface area contributed by atoms with Gasteiger partial charge in [-0.1, -0.05) is 18.2 Å². The third kappa shape index (κ3) is 5.80. The molecule has 2 aliphatic rings. The van der Waals surface area contributed by atoms with Gasteiger partial charge in [0.2, 0.25) is 0 Å². The zero-order valence-electron chi connectivity index (χ0n) is 20.9. The highest BCUT2D eigenvalue weighted by molar-refractivity contribution is 5.95. The molecule has 0 bridgehead atoms. The number of rotatable bonds is 7. The van der Waals surface area contributed by atoms with Crippen LogP contribution in [0.1, 0.15) is 35.8 Å². The molecule has 1 atom stereocenters. The fourth-order valence-electron chi connectivity index (χ4n) is 4.69. The van der Waals surface area contributed by atoms with Crippen LogP contribution in [0.5, 0.6) is 0 Å². The average molecular weight is 513 g/mol. The molecule has 0 radical (unpaired) electrons. The van der Waals surface area contributed by atoms with Crippen molar-refractivity contribution in [3.63, 3.8) is 0 Å². The fourth-order valence-corrected chi connectivity index (χ4v) is 4.69. The number of amides is 3. The summed E-state index contributed by atoms with van der Waals surface area (Å²) in [5, 5.41) is 2.86. The maximum atomic E-state index is 13.6. The molecule has 1 saturated heterocycles. The largest absolute Gasteiger partial charge is 0.463 e. The van der Waals surface area contributed by atoms with E-state index in [1.165, 1.54) is 47.4 Å². The Balaban J connectivity index is 1.59. The van der Waals surface area contributed by atoms with Gasteiger partial charge in [-0.2, -0.15) is 0 Å². The Kier molecular flexibility index (Phi) is 8.17. The summed E-state index contributed by atoms with van der Waals surface area (Å²) in [7, 11) is 0. The van der Waals surface area contributed by atoms with Crippen LogP contribution < -0.4 is 5.32 Å². The molecule has 2 aliphatic heterocycles. The van der Waals surface area contributed by atoms with Gasteiger partial charge in [0.25, 0.3) is 5.91 Å². The van der Waals surface area contributed by atoms with Crippen molar-refractivity contribution in [2.45, 2.75) is 19.9 Å². The quantitative estimate of drug-likeness (QED) is 0.576. The smallest absolute Gasteiger partial charge is 0.338 e. The number of hydrogen-bond donors (Lipinski definition) is 1. The summed E-state index contributed by atoms with van der Waals surface area (Å²) in [6.07, 6.45) is 0. The number of benzene rings is 2. The van der Waals surface area contributed by atoms with Gasteiger partial charge in [0, 0.05) is 50.5 Å². The third-order valence-corrected chi connectivity index (χ3v) is 6.56. The van der Waals surface area contributed by atoms with Crippen molar-refractivity contribution >= 4 is 17.9 Å². The Morgan fingerprint density at radius 3 is 2.32 bits per heavy atom. The number of esters is 1. The van der Waals surface area contributed by atoms with Gasteiger partial charge in [-0.15, -0.1) is 0 Å². The number of piperazine rings is 1. The van der Waals surface area contributed by atoms with E-state index in [1.807, 2.05) is 6.92 Å². The van der Waals surface area contributed by atoms with E-state index in [0.717, 1.165) is 0 Å². The van der Waals surface area contributed by atoms with E-state index < -0.39 is 23.6 Å². The molecule has 1 unspecified atom stereocenters. The monoisotopic (exact) mass is 512 g/mol. The van der Waals surface area contributed by atoms with Crippen molar-refractivity contribution in [1.29, 1.82) is 0 Å². The van der Waals surface area contributed by atoms with Gasteiger partial charge >= 0.3 is 12.0 Å². The van der Waals surface area contributed by atoms with Gasteiger partial charge in [-0.3, -0.25) is 14.6 Å². The Bertz CT molecular complexity index is 1190. The second-order valence-corrected chi connectivity index (χ2v) is 8.84. The molecule has 37 heavy (non-hydrogen) atoms. The number of ether oxygens (including phenoxy) is 1. The summed E-state index contributed by atoms with van der Waals surface area (Å²) in [4.78, 5) is 44.2. The van der Waals surface area contributed by atoms with Crippen molar-refractivity contribution in [2.24, 2.45) is 0 Å². The molecule has 2 aromatic carbocycles. The molecular formula is C27H30F2N4O4. The number of carbonyl (C=O) groups excluding carboxylic acids is 3. The van der Waals surface area contributed by atoms with Gasteiger partial charge in [-0.05, 0) is 49.7 Å². The second-order valence-electron chi connectivity index (χ2n) is 8.84. The molecular weight excluding hydrogens is 482 g/mol. The van der Waals surface area contributed by atoms with E-state index in [9.17, 15) is 23.2 Å². The predicted octanol–water partition coefficient (Wildman–Crippen LogP) is 3.33. The molecule has 0 aromatic heterocycles. The van der Waals surface area contributed by atoms with Crippen LogP contribution in [0.15, 0.2) is 59.8 Å². The third-order valence-electron chi connectivity index (χ3n) is 6.56. The average Bonchev–Trinajstić information content (AvgIpc) is 2.89. The summed E-state index contributed by atoms with van der Waals surface area (Å²) in [5.74, 6) is -1.68. The van der Waals surface area contributed by atoms with Crippen molar-refractivity contribution in [1.82, 2.24) is 20.0 Å². The van der Waals surface area contributed by atoms with E-state index in [0.29, 0.717) is 55.1 Å². The molecule has 8 nitrogen and oxygen atoms in total. The van der Waals surface area contributed by atoms with Gasteiger partial charge < -0.3 is 15.0 Å². The Morgan fingerprint density at radius 2 is 1.70 bits per heavy atom. The number of likely N-dealkylation sites (N-methyl/N-ethyl adjacent to an activating group) is 1. The predicted molar refractivity (Wildman–Crippen MR) is 132 cm³/mol. The highest BCUT2D eigenvalue weighted by Crippen LogP contribution is 2.32. The van der Waals surface area contributed by atoms with Crippen LogP contribution in [0.4, 0.5) is 13.6 Å². The number of urea groups is 1. The van der Waals surface area contributed by atoms with Gasteiger partial charge in [0.05, 0.1) is 18.2 Å². The lowest BCUT2D eigenvalue weighted by atomic mass is 9.94. The maximum Gasteiger partial charge on any atom is 0.338 e. The molecule has 10 heteroatoms. The van der Waals surface area contributed by atoms with Crippen LogP contribution in [-0.2, 0) is 9.53 Å². The fraction of sp³-hybridized carbons (Fsp3) is 0.370. The molecule has 1 N–H and O–H groups in total. The molecule has 2 aromatic rings. The topological polar surface area (TPSA) is 82.2 Å². The molecule has 0 aliphatic carbocycles. The standard InChI is InChI=1S/C27H30F2N4O4/c1-3-33-22(17-31-12-14-32(15-13-31)25(34)19-6-5-7-21(29)16-19)23(26(35)37-4-2)24(30-27(33)36)18-8-10-20(28)11-9-18/h5-11,16,24H,3-4,12-15,17H2,1-2H3,(H,30,36). The van der Waals surface area contributed by atoms with Crippen LogP contribution >= 0.6 is 0 Å². The number of hydrogen-bond acceptors (Lipinski definition) is 5. The molecule has 0 saturated carbocycles. The minimum absolute atomic E-state index is 0.159. The lowest BCUT2D eigenvalue weighted by Crippen LogP contribution is -2.53. The Labute approximate surface area is 214 Å². The van der Waals surface area contributed by atoms with E-state index >= 15 is 0 Å². The van der Waals surface area contributed by atoms with Gasteiger partial charge in [0.1, 0.15) is 11.6 Å². The first-order valence-corrected chi connectivity index (χ1v) is 12.3. The summed E-state index contributed by atoms with van der Waals surface area (Å²) in [5.41, 5.74) is 1.68. The van der Waals surface area contributed by atoms with Gasteiger partial charge in [0.15, 0.2) is 0 Å². The van der Waals surface area contributed by atoms with E-state index in [4.69, 9.17) is 4.74 Å². The van der Waals surface area contributed by atoms with Crippen LogP contribution in [0.25, 0.3) is 0 Å². The molecule has 4 rings (SSSR count). The van der Waals surface area contributed by atoms with Crippen molar-refractivity contribution in [3.8, 4) is 0 Å². The van der Waals surface area contributed by atoms with Crippen LogP contribution in [-0.4, -0.2) is 78.5 Å². The van der Waals surface area contributed by atoms with Crippen LogP contribution in [0, 0.1) is 11.6 Å². The number of nitrogens with zero attached hydrogens (tertiary/aromatic N) is 3. The second kappa shape index (κ2) is 11.5. The van der Waals surface area contributed by atoms with Crippen molar-refractivity contribution < 1.29 is 27.9 Å². The summed E-state index contributed by atoms with van der Waals surface area (Å²) in [6.45, 7) is 6.13. The number of nitrogens with one attached hydrogen (secondary N) is 1. The highest BCUT2D eigenvalue weighted by atomic mass is 19.1. The Hall–Kier alpha value is -3.79. The van der Waals surface area contributed by atoms with E-state index in [1.54, 1.807) is 17.9 Å². The van der Waals surface area contributed by atoms with Crippen molar-refractivity contribution in [3.05, 3.63) is 82.6 Å². The van der Waals surface area contributed by atoms with Crippen LogP contribution in [0.2, 0.25) is 0 Å².